The Balaban J connectivity index is -0.000000503. The van der Waals surface area contributed by atoms with Crippen LogP contribution >= 0.6 is 31.7 Å². The molecule has 6 aromatic carbocycles. The molecule has 0 amide bonds. The second kappa shape index (κ2) is 91.8. The number of aryl methyl sites for hydroxylation is 10. The van der Waals surface area contributed by atoms with E-state index < -0.39 is 21.8 Å². The van der Waals surface area contributed by atoms with Crippen molar-refractivity contribution in [3.05, 3.63) is 390 Å². The summed E-state index contributed by atoms with van der Waals surface area (Å²) >= 11 is 0. The van der Waals surface area contributed by atoms with Crippen molar-refractivity contribution < 1.29 is 116 Å². The maximum Gasteiger partial charge on any atom is 2.00 e. The molecule has 0 aliphatic rings. The fourth-order valence-electron chi connectivity index (χ4n) is 11.4. The van der Waals surface area contributed by atoms with Crippen molar-refractivity contribution in [2.75, 3.05) is 40.0 Å². The summed E-state index contributed by atoms with van der Waals surface area (Å²) in [5, 5.41) is 47.6. The average molecular weight is 2520 g/mol. The number of rotatable bonds is 22. The van der Waals surface area contributed by atoms with Crippen LogP contribution in [0.3, 0.4) is 0 Å². The van der Waals surface area contributed by atoms with Gasteiger partial charge in [0.05, 0.1) is 40.0 Å². The first-order valence-electron chi connectivity index (χ1n) is 45.8. The molecule has 10 aromatic heterocycles. The molecular weight excluding hydrogens is 2380 g/mol. The maximum atomic E-state index is 9.62. The van der Waals surface area contributed by atoms with Gasteiger partial charge >= 0.3 is 61.3 Å². The van der Waals surface area contributed by atoms with Crippen molar-refractivity contribution in [2.45, 2.75) is 98.8 Å². The Morgan fingerprint density at radius 1 is 0.306 bits per heavy atom. The molecule has 0 radical (unpaired) electrons. The van der Waals surface area contributed by atoms with E-state index in [1.54, 1.807) is 107 Å². The van der Waals surface area contributed by atoms with Gasteiger partial charge in [-0.2, -0.15) is 25.7 Å². The fourth-order valence-corrected chi connectivity index (χ4v) is 16.3. The summed E-state index contributed by atoms with van der Waals surface area (Å²) in [6.45, 7) is 29.5. The Hall–Kier alpha value is -11.6. The first kappa shape index (κ1) is 144. The molecule has 794 valence electrons. The molecule has 147 heavy (non-hydrogen) atoms. The molecule has 37 heteroatoms. The van der Waals surface area contributed by atoms with Crippen LogP contribution in [0.1, 0.15) is 125 Å². The van der Waals surface area contributed by atoms with E-state index in [9.17, 15) is 4.79 Å². The molecule has 0 aliphatic heterocycles. The third kappa shape index (κ3) is 62.3. The molecule has 16 rings (SSSR count). The number of hydrogen-bond acceptors (Lipinski definition) is 18. The zero-order valence-electron chi connectivity index (χ0n) is 87.9. The van der Waals surface area contributed by atoms with Crippen molar-refractivity contribution in [1.82, 2.24) is 95.5 Å². The van der Waals surface area contributed by atoms with Crippen LogP contribution in [-0.2, 0) is 219 Å². The monoisotopic (exact) mass is 2510 g/mol. The van der Waals surface area contributed by atoms with Crippen LogP contribution in [0.2, 0.25) is 0 Å². The van der Waals surface area contributed by atoms with Crippen LogP contribution in [0.5, 0.6) is 0 Å². The molecule has 16 aromatic rings. The third-order valence-electron chi connectivity index (χ3n) is 18.9. The largest absolute Gasteiger partial charge is 2.00 e. The molecule has 0 saturated carbocycles. The molecule has 0 fully saturated rings. The molecule has 0 saturated heterocycles. The van der Waals surface area contributed by atoms with E-state index in [0.717, 1.165) is 116 Å². The van der Waals surface area contributed by atoms with Crippen molar-refractivity contribution in [1.29, 1.82) is 26.3 Å². The van der Waals surface area contributed by atoms with E-state index >= 15 is 0 Å². The Morgan fingerprint density at radius 2 is 0.449 bits per heavy atom. The minimum Gasteiger partial charge on any atom is -0.545 e. The van der Waals surface area contributed by atoms with Gasteiger partial charge in [-0.1, -0.05) is 193 Å². The van der Waals surface area contributed by atoms with E-state index in [1.807, 2.05) is 230 Å². The first-order chi connectivity index (χ1) is 68.7. The Kier molecular flexibility index (Phi) is 89.8. The van der Waals surface area contributed by atoms with Gasteiger partial charge in [-0.25, -0.2) is 82.4 Å². The van der Waals surface area contributed by atoms with E-state index in [0.29, 0.717) is 14.3 Å². The predicted octanol–water partition coefficient (Wildman–Crippen LogP) is 17.4. The molecular formula is C110H142N25O3P4Pd5+. The van der Waals surface area contributed by atoms with Gasteiger partial charge in [-0.15, -0.1) is 32.2 Å². The topological polar surface area (TPSA) is 348 Å². The number of aromatic nitrogens is 20. The Bertz CT molecular complexity index is 5040. The van der Waals surface area contributed by atoms with Crippen molar-refractivity contribution in [3.63, 3.8) is 0 Å². The number of carbonyl (C=O) groups excluding carboxylic acids is 3. The summed E-state index contributed by atoms with van der Waals surface area (Å²) in [6, 6.07) is 74.2. The summed E-state index contributed by atoms with van der Waals surface area (Å²) in [4.78, 5) is 67.5. The number of nitriles is 5. The van der Waals surface area contributed by atoms with Crippen LogP contribution in [-0.4, -0.2) is 155 Å². The molecule has 0 aliphatic carbocycles. The summed E-state index contributed by atoms with van der Waals surface area (Å²) < 4.78 is 20.1. The summed E-state index contributed by atoms with van der Waals surface area (Å²) in [6.07, 6.45) is 53.2. The van der Waals surface area contributed by atoms with Gasteiger partial charge in [0.15, 0.2) is 0 Å². The molecule has 28 nitrogen and oxygen atoms in total. The second-order valence-electron chi connectivity index (χ2n) is 31.3. The van der Waals surface area contributed by atoms with E-state index in [-0.39, 0.29) is 110 Å². The minimum atomic E-state index is -0.877. The fraction of sp³-hybridized carbons (Fsp3) is 0.291. The van der Waals surface area contributed by atoms with Crippen molar-refractivity contribution in [2.24, 2.45) is 76.4 Å². The summed E-state index contributed by atoms with van der Waals surface area (Å²) in [5.74, 6) is 9.85. The quantitative estimate of drug-likeness (QED) is 0.0263. The van der Waals surface area contributed by atoms with E-state index in [2.05, 4.69) is 285 Å². The van der Waals surface area contributed by atoms with Crippen LogP contribution in [0.4, 0.5) is 0 Å². The number of nitrogens with zero attached hydrogens (tertiary/aromatic N) is 25. The van der Waals surface area contributed by atoms with E-state index in [1.165, 1.54) is 31.8 Å². The zero-order valence-corrected chi connectivity index (χ0v) is 99.4. The Labute approximate surface area is 948 Å². The van der Waals surface area contributed by atoms with Gasteiger partial charge in [-0.3, -0.25) is 39.3 Å². The third-order valence-corrected chi connectivity index (χ3v) is 24.1. The zero-order chi connectivity index (χ0) is 105. The normalized spacial score (nSPS) is 9.31. The molecule has 1 unspecified atom stereocenters. The molecule has 1 atom stereocenters. The van der Waals surface area contributed by atoms with Gasteiger partial charge in [0.1, 0.15) is 74.2 Å². The molecule has 0 bridgehead atoms. The number of unbranched alkanes of at least 4 members (excludes halogenated alkanes) is 4. The minimum absolute atomic E-state index is 0. The van der Waals surface area contributed by atoms with Gasteiger partial charge in [0.2, 0.25) is 0 Å². The maximum absolute atomic E-state index is 9.62. The van der Waals surface area contributed by atoms with Crippen molar-refractivity contribution in [3.8, 4) is 30.3 Å². The van der Waals surface area contributed by atoms with E-state index in [4.69, 9.17) is 35.9 Å². The van der Waals surface area contributed by atoms with Gasteiger partial charge in [-0.05, 0) is 88.1 Å². The first-order valence-corrected chi connectivity index (χ1v) is 54.3. The van der Waals surface area contributed by atoms with Crippen molar-refractivity contribution >= 4 is 83.4 Å². The number of imidazole rings is 10. The molecule has 10 heterocycles. The van der Waals surface area contributed by atoms with Gasteiger partial charge in [0.25, 0.3) is 0 Å². The average Bonchev–Trinajstić information content (AvgIpc) is 1.82. The number of hydrogen-bond donors (Lipinski definition) is 0. The number of benzene rings is 6. The summed E-state index contributed by atoms with van der Waals surface area (Å²) in [7, 11) is 19.1. The van der Waals surface area contributed by atoms with Crippen LogP contribution in [0.25, 0.3) is 0 Å². The smallest absolute Gasteiger partial charge is 0.545 e. The van der Waals surface area contributed by atoms with Crippen LogP contribution in [0.15, 0.2) is 306 Å². The van der Waals surface area contributed by atoms with Gasteiger partial charge < -0.3 is 60.1 Å². The molecule has 0 N–H and O–H groups in total. The summed E-state index contributed by atoms with van der Waals surface area (Å²) in [5.41, 5.74) is 0. The SMILES string of the molecule is CCC(C#N)[C-]=O.CC[CH-]C#N.CC[CH-]C#N.CC[CH-]C#N.CC[CH-]C#N.CP(C)C.C[PH+](C)C.Cn1ccnc1Cc1nccn1C.Cn1ccnc1Cc1nccn1C.Cn1ccnc1Cc1nccn1C.Cn1ccnc1Cc1nccn1C.Cn1ccnc1Cc1nccn1C.[CH-]=O.[CH-]=O.[Pd+2].[Pd+2].[Pd+2].[Pd].[Pd].c1ccc(P(c2ccccc2)c2ccccc2)cc1.c1ccc([PH+](c2ccccc2)c2ccccc2)cc1. The van der Waals surface area contributed by atoms with Gasteiger partial charge in [0, 0.05) is 261 Å². The Morgan fingerprint density at radius 3 is 0.537 bits per heavy atom. The molecule has 0 spiro atoms. The second-order valence-corrected chi connectivity index (χ2v) is 41.6. The van der Waals surface area contributed by atoms with Crippen LogP contribution in [0, 0.1) is 88.3 Å². The predicted molar refractivity (Wildman–Crippen MR) is 588 cm³/mol. The standard InChI is InChI=1S/2C18H15P.5C9H12N4.C5H6NO.4C4H6N.2C3H9P.2CHO.5Pd/c2*1-4-10-16(11-5-1)19(17-12-6-2-7-13-17)18-14-8-3-9-15-18;5*1-12-5-3-10-8(12)7-9-11-4-6-13(9)2;1-2-5(3-6)4-7;4*1-2-3-4-5;2*1-4(2)3;2*1-2;;;;;/h2*1-15H;5*3-6H,7H2,1-2H3;5H,2H2,1H3;4*3H,2H2,1H3;2*1-3H3;2*1H;;;;;/q;;;;;;;5*-1;;;2*-1;;;3*+2/p+2. The van der Waals surface area contributed by atoms with Crippen LogP contribution < -0.4 is 31.8 Å².